The van der Waals surface area contributed by atoms with E-state index in [2.05, 4.69) is 91.8 Å². The molecule has 0 spiro atoms. The number of H-pyrrole nitrogens is 1. The second-order valence-electron chi connectivity index (χ2n) is 9.41. The number of benzene rings is 2. The van der Waals surface area contributed by atoms with Gasteiger partial charge in [0.25, 0.3) is 0 Å². The molecule has 0 aliphatic heterocycles. The lowest BCUT2D eigenvalue weighted by Crippen LogP contribution is -2.14. The van der Waals surface area contributed by atoms with Crippen LogP contribution in [0.3, 0.4) is 0 Å². The summed E-state index contributed by atoms with van der Waals surface area (Å²) in [5, 5.41) is 8.05. The van der Waals surface area contributed by atoms with E-state index in [0.717, 1.165) is 66.9 Å². The SMILES string of the molecule is COC(=O)CCCCCCCNCc1ccc(-c2cc3c(N[C@H](C)c4ccccc4)ncnc3[nH]2)cc1. The Bertz CT molecular complexity index is 1250. The number of carbonyl (C=O) groups is 1. The number of hydrogen-bond acceptors (Lipinski definition) is 6. The summed E-state index contributed by atoms with van der Waals surface area (Å²) >= 11 is 0. The molecule has 4 aromatic rings. The van der Waals surface area contributed by atoms with Gasteiger partial charge >= 0.3 is 5.97 Å². The largest absolute Gasteiger partial charge is 0.469 e. The molecule has 2 heterocycles. The maximum atomic E-state index is 11.1. The number of nitrogens with zero attached hydrogens (tertiary/aromatic N) is 2. The van der Waals surface area contributed by atoms with Gasteiger partial charge in [0, 0.05) is 24.7 Å². The van der Waals surface area contributed by atoms with E-state index >= 15 is 0 Å². The zero-order valence-electron chi connectivity index (χ0n) is 21.8. The maximum absolute atomic E-state index is 11.1. The van der Waals surface area contributed by atoms with Gasteiger partial charge in [-0.2, -0.15) is 0 Å². The Morgan fingerprint density at radius 3 is 2.51 bits per heavy atom. The quantitative estimate of drug-likeness (QED) is 0.137. The van der Waals surface area contributed by atoms with Crippen molar-refractivity contribution in [2.45, 2.75) is 58.0 Å². The summed E-state index contributed by atoms with van der Waals surface area (Å²) in [5.74, 6) is 0.717. The van der Waals surface area contributed by atoms with E-state index in [0.29, 0.717) is 6.42 Å². The predicted molar refractivity (Wildman–Crippen MR) is 149 cm³/mol. The minimum absolute atomic E-state index is 0.110. The Labute approximate surface area is 219 Å². The number of hydrogen-bond donors (Lipinski definition) is 3. The van der Waals surface area contributed by atoms with Gasteiger partial charge in [0.05, 0.1) is 12.5 Å². The van der Waals surface area contributed by atoms with Gasteiger partial charge < -0.3 is 20.4 Å². The molecule has 0 fully saturated rings. The van der Waals surface area contributed by atoms with Crippen LogP contribution >= 0.6 is 0 Å². The first-order valence-electron chi connectivity index (χ1n) is 13.2. The van der Waals surface area contributed by atoms with Gasteiger partial charge in [-0.15, -0.1) is 0 Å². The molecule has 0 aliphatic rings. The van der Waals surface area contributed by atoms with Gasteiger partial charge in [-0.3, -0.25) is 4.79 Å². The molecule has 194 valence electrons. The zero-order chi connectivity index (χ0) is 25.9. The van der Waals surface area contributed by atoms with Crippen LogP contribution < -0.4 is 10.6 Å². The number of ether oxygens (including phenoxy) is 1. The molecular formula is C30H37N5O2. The summed E-state index contributed by atoms with van der Waals surface area (Å²) < 4.78 is 4.67. The smallest absolute Gasteiger partial charge is 0.305 e. The van der Waals surface area contributed by atoms with E-state index in [9.17, 15) is 4.79 Å². The van der Waals surface area contributed by atoms with Gasteiger partial charge in [0.15, 0.2) is 0 Å². The molecule has 0 amide bonds. The standard InChI is InChI=1S/C30H37N5O2/c1-22(24-11-7-6-8-12-24)34-29-26-19-27(35-30(26)33-21-32-29)25-16-14-23(15-17-25)20-31-18-10-5-3-4-9-13-28(36)37-2/h6-8,11-12,14-17,19,21-22,31H,3-5,9-10,13,18,20H2,1-2H3,(H2,32,33,34,35)/t22-/m1/s1. The normalized spacial score (nSPS) is 11.9. The monoisotopic (exact) mass is 499 g/mol. The number of anilines is 1. The summed E-state index contributed by atoms with van der Waals surface area (Å²) in [4.78, 5) is 23.5. The Morgan fingerprint density at radius 2 is 1.73 bits per heavy atom. The molecule has 0 saturated carbocycles. The highest BCUT2D eigenvalue weighted by Gasteiger charge is 2.12. The van der Waals surface area contributed by atoms with Crippen molar-refractivity contribution in [3.63, 3.8) is 0 Å². The van der Waals surface area contributed by atoms with Crippen molar-refractivity contribution >= 4 is 22.8 Å². The van der Waals surface area contributed by atoms with Crippen LogP contribution in [0.1, 0.15) is 62.6 Å². The lowest BCUT2D eigenvalue weighted by Gasteiger charge is -2.15. The molecule has 4 rings (SSSR count). The van der Waals surface area contributed by atoms with E-state index < -0.39 is 0 Å². The predicted octanol–water partition coefficient (Wildman–Crippen LogP) is 6.40. The minimum atomic E-state index is -0.110. The van der Waals surface area contributed by atoms with Crippen molar-refractivity contribution in [1.82, 2.24) is 20.3 Å². The third-order valence-corrected chi connectivity index (χ3v) is 6.63. The van der Waals surface area contributed by atoms with Gasteiger partial charge in [-0.1, -0.05) is 73.9 Å². The van der Waals surface area contributed by atoms with Crippen LogP contribution in [0.4, 0.5) is 5.82 Å². The number of aromatic nitrogens is 3. The number of carbonyl (C=O) groups excluding carboxylic acids is 1. The molecule has 2 aromatic carbocycles. The van der Waals surface area contributed by atoms with E-state index in [1.807, 2.05) is 6.07 Å². The average molecular weight is 500 g/mol. The maximum Gasteiger partial charge on any atom is 0.305 e. The Hall–Kier alpha value is -3.71. The first-order valence-corrected chi connectivity index (χ1v) is 13.2. The minimum Gasteiger partial charge on any atom is -0.469 e. The fourth-order valence-corrected chi connectivity index (χ4v) is 4.43. The molecule has 7 heteroatoms. The van der Waals surface area contributed by atoms with Crippen molar-refractivity contribution in [2.24, 2.45) is 0 Å². The third kappa shape index (κ3) is 7.64. The van der Waals surface area contributed by atoms with Crippen LogP contribution in [0.15, 0.2) is 67.0 Å². The van der Waals surface area contributed by atoms with Crippen molar-refractivity contribution in [3.8, 4) is 11.3 Å². The number of aromatic amines is 1. The van der Waals surface area contributed by atoms with E-state index in [4.69, 9.17) is 0 Å². The first kappa shape index (κ1) is 26.4. The van der Waals surface area contributed by atoms with Gasteiger partial charge in [0.2, 0.25) is 0 Å². The van der Waals surface area contributed by atoms with Crippen LogP contribution in [-0.2, 0) is 16.1 Å². The van der Waals surface area contributed by atoms with E-state index in [1.54, 1.807) is 6.33 Å². The van der Waals surface area contributed by atoms with E-state index in [-0.39, 0.29) is 12.0 Å². The number of rotatable bonds is 14. The highest BCUT2D eigenvalue weighted by Crippen LogP contribution is 2.29. The highest BCUT2D eigenvalue weighted by atomic mass is 16.5. The Morgan fingerprint density at radius 1 is 0.973 bits per heavy atom. The summed E-state index contributed by atoms with van der Waals surface area (Å²) in [6.45, 7) is 3.99. The summed E-state index contributed by atoms with van der Waals surface area (Å²) in [6, 6.07) is 21.2. The molecule has 0 radical (unpaired) electrons. The summed E-state index contributed by atoms with van der Waals surface area (Å²) in [6.07, 6.45) is 7.61. The molecule has 2 aromatic heterocycles. The zero-order valence-corrected chi connectivity index (χ0v) is 21.8. The molecule has 0 unspecified atom stereocenters. The molecule has 0 aliphatic carbocycles. The number of unbranched alkanes of at least 4 members (excludes halogenated alkanes) is 4. The van der Waals surface area contributed by atoms with Crippen LogP contribution in [0.5, 0.6) is 0 Å². The van der Waals surface area contributed by atoms with Crippen LogP contribution in [0, 0.1) is 0 Å². The first-order chi connectivity index (χ1) is 18.1. The molecule has 0 saturated heterocycles. The van der Waals surface area contributed by atoms with Gasteiger partial charge in [-0.05, 0) is 49.1 Å². The van der Waals surface area contributed by atoms with Crippen molar-refractivity contribution in [3.05, 3.63) is 78.1 Å². The second kappa shape index (κ2) is 13.6. The van der Waals surface area contributed by atoms with Crippen LogP contribution in [0.2, 0.25) is 0 Å². The lowest BCUT2D eigenvalue weighted by molar-refractivity contribution is -0.140. The summed E-state index contributed by atoms with van der Waals surface area (Å²) in [7, 11) is 1.44. The second-order valence-corrected chi connectivity index (χ2v) is 9.41. The van der Waals surface area contributed by atoms with Crippen molar-refractivity contribution in [2.75, 3.05) is 19.0 Å². The van der Waals surface area contributed by atoms with Crippen LogP contribution in [0.25, 0.3) is 22.3 Å². The Kier molecular flexibility index (Phi) is 9.66. The topological polar surface area (TPSA) is 91.9 Å². The fourth-order valence-electron chi connectivity index (χ4n) is 4.43. The molecular weight excluding hydrogens is 462 g/mol. The van der Waals surface area contributed by atoms with Gasteiger partial charge in [0.1, 0.15) is 17.8 Å². The molecule has 37 heavy (non-hydrogen) atoms. The molecule has 3 N–H and O–H groups in total. The van der Waals surface area contributed by atoms with Crippen LogP contribution in [-0.4, -0.2) is 34.6 Å². The lowest BCUT2D eigenvalue weighted by atomic mass is 10.1. The van der Waals surface area contributed by atoms with Crippen molar-refractivity contribution in [1.29, 1.82) is 0 Å². The number of fused-ring (bicyclic) bond motifs is 1. The highest BCUT2D eigenvalue weighted by molar-refractivity contribution is 5.91. The van der Waals surface area contributed by atoms with Crippen molar-refractivity contribution < 1.29 is 9.53 Å². The van der Waals surface area contributed by atoms with E-state index in [1.165, 1.54) is 24.7 Å². The number of methoxy groups -OCH3 is 1. The summed E-state index contributed by atoms with van der Waals surface area (Å²) in [5.41, 5.74) is 5.44. The third-order valence-electron chi connectivity index (χ3n) is 6.63. The average Bonchev–Trinajstić information content (AvgIpc) is 3.38. The number of nitrogens with one attached hydrogen (secondary N) is 3. The Balaban J connectivity index is 1.26. The van der Waals surface area contributed by atoms with Gasteiger partial charge in [-0.25, -0.2) is 9.97 Å². The number of esters is 1. The molecule has 7 nitrogen and oxygen atoms in total. The fraction of sp³-hybridized carbons (Fsp3) is 0.367. The molecule has 0 bridgehead atoms. The molecule has 1 atom stereocenters.